The van der Waals surface area contributed by atoms with Crippen molar-refractivity contribution in [3.05, 3.63) is 95.1 Å². The predicted octanol–water partition coefficient (Wildman–Crippen LogP) is 4.92. The van der Waals surface area contributed by atoms with Gasteiger partial charge in [0.2, 0.25) is 0 Å². The quantitative estimate of drug-likeness (QED) is 0.463. The average molecular weight is 424 g/mol. The lowest BCUT2D eigenvalue weighted by molar-refractivity contribution is -0.155. The SMILES string of the molecule is O=C(OC1Cc2ccc(-c3cc4cc(Cc5ccccc5)ccc4o3)cc2C1)C1CNC1. The fraction of sp³-hybridized carbons (Fsp3) is 0.250. The van der Waals surface area contributed by atoms with E-state index in [9.17, 15) is 4.79 Å². The normalized spacial score (nSPS) is 17.8. The van der Waals surface area contributed by atoms with E-state index in [-0.39, 0.29) is 18.0 Å². The standard InChI is InChI=1S/C28H25NO3/c30-28(24-16-29-17-24)31-25-13-20-7-8-21(12-22(20)14-25)27-15-23-11-19(6-9-26(23)32-27)10-18-4-2-1-3-5-18/h1-9,11-12,15,24-25,29H,10,13-14,16-17H2. The molecule has 1 saturated heterocycles. The summed E-state index contributed by atoms with van der Waals surface area (Å²) in [6.07, 6.45) is 2.43. The van der Waals surface area contributed by atoms with E-state index in [1.165, 1.54) is 22.3 Å². The van der Waals surface area contributed by atoms with E-state index < -0.39 is 0 Å². The first kappa shape index (κ1) is 19.3. The number of esters is 1. The monoisotopic (exact) mass is 423 g/mol. The van der Waals surface area contributed by atoms with Crippen LogP contribution in [0.2, 0.25) is 0 Å². The molecule has 0 amide bonds. The molecule has 1 aliphatic heterocycles. The van der Waals surface area contributed by atoms with Crippen molar-refractivity contribution < 1.29 is 13.9 Å². The van der Waals surface area contributed by atoms with Crippen LogP contribution >= 0.6 is 0 Å². The number of nitrogens with one attached hydrogen (secondary N) is 1. The van der Waals surface area contributed by atoms with Gasteiger partial charge in [0, 0.05) is 36.9 Å². The minimum Gasteiger partial charge on any atom is -0.461 e. The number of hydrogen-bond donors (Lipinski definition) is 1. The Morgan fingerprint density at radius 3 is 2.56 bits per heavy atom. The van der Waals surface area contributed by atoms with Crippen LogP contribution in [-0.2, 0) is 28.8 Å². The zero-order chi connectivity index (χ0) is 21.5. The Balaban J connectivity index is 1.20. The van der Waals surface area contributed by atoms with Crippen molar-refractivity contribution in [1.29, 1.82) is 0 Å². The van der Waals surface area contributed by atoms with Gasteiger partial charge < -0.3 is 14.5 Å². The minimum atomic E-state index is -0.0645. The number of hydrogen-bond acceptors (Lipinski definition) is 4. The van der Waals surface area contributed by atoms with Crippen molar-refractivity contribution in [2.24, 2.45) is 5.92 Å². The summed E-state index contributed by atoms with van der Waals surface area (Å²) in [7, 11) is 0. The first-order valence-electron chi connectivity index (χ1n) is 11.3. The van der Waals surface area contributed by atoms with Gasteiger partial charge in [0.1, 0.15) is 17.4 Å². The zero-order valence-corrected chi connectivity index (χ0v) is 17.8. The molecule has 1 unspecified atom stereocenters. The van der Waals surface area contributed by atoms with Gasteiger partial charge in [0.15, 0.2) is 0 Å². The number of carbonyl (C=O) groups is 1. The highest BCUT2D eigenvalue weighted by Crippen LogP contribution is 2.33. The summed E-state index contributed by atoms with van der Waals surface area (Å²) in [5.41, 5.74) is 7.06. The molecule has 6 rings (SSSR count). The highest BCUT2D eigenvalue weighted by atomic mass is 16.5. The number of ether oxygens (including phenoxy) is 1. The molecule has 160 valence electrons. The van der Waals surface area contributed by atoms with Crippen LogP contribution in [0.3, 0.4) is 0 Å². The molecule has 3 aromatic carbocycles. The zero-order valence-electron chi connectivity index (χ0n) is 17.8. The summed E-state index contributed by atoms with van der Waals surface area (Å²) in [5, 5.41) is 4.25. The lowest BCUT2D eigenvalue weighted by atomic mass is 10.0. The summed E-state index contributed by atoms with van der Waals surface area (Å²) in [4.78, 5) is 12.2. The van der Waals surface area contributed by atoms with Gasteiger partial charge in [-0.25, -0.2) is 0 Å². The number of rotatable bonds is 5. The molecule has 1 aromatic heterocycles. The third kappa shape index (κ3) is 3.71. The molecule has 0 saturated carbocycles. The maximum Gasteiger partial charge on any atom is 0.311 e. The molecule has 1 aliphatic carbocycles. The molecule has 0 radical (unpaired) electrons. The first-order valence-corrected chi connectivity index (χ1v) is 11.3. The average Bonchev–Trinajstić information content (AvgIpc) is 3.35. The first-order chi connectivity index (χ1) is 15.7. The highest BCUT2D eigenvalue weighted by molar-refractivity contribution is 5.83. The van der Waals surface area contributed by atoms with E-state index in [2.05, 4.69) is 72.0 Å². The van der Waals surface area contributed by atoms with Gasteiger partial charge >= 0.3 is 5.97 Å². The summed E-state index contributed by atoms with van der Waals surface area (Å²) in [6, 6.07) is 25.5. The van der Waals surface area contributed by atoms with Gasteiger partial charge in [0.05, 0.1) is 5.92 Å². The van der Waals surface area contributed by atoms with Crippen LogP contribution in [0, 0.1) is 5.92 Å². The maximum absolute atomic E-state index is 12.2. The molecule has 4 nitrogen and oxygen atoms in total. The highest BCUT2D eigenvalue weighted by Gasteiger charge is 2.31. The van der Waals surface area contributed by atoms with Crippen molar-refractivity contribution >= 4 is 16.9 Å². The minimum absolute atomic E-state index is 0.0246. The van der Waals surface area contributed by atoms with Gasteiger partial charge in [-0.3, -0.25) is 4.79 Å². The summed E-state index contributed by atoms with van der Waals surface area (Å²) < 4.78 is 11.9. The van der Waals surface area contributed by atoms with Crippen molar-refractivity contribution in [2.75, 3.05) is 13.1 Å². The number of fused-ring (bicyclic) bond motifs is 2. The molecule has 0 spiro atoms. The third-order valence-corrected chi connectivity index (χ3v) is 6.62. The van der Waals surface area contributed by atoms with Gasteiger partial charge in [0.25, 0.3) is 0 Å². The van der Waals surface area contributed by atoms with Gasteiger partial charge in [-0.2, -0.15) is 0 Å². The van der Waals surface area contributed by atoms with Gasteiger partial charge in [-0.05, 0) is 52.9 Å². The second kappa shape index (κ2) is 7.95. The smallest absolute Gasteiger partial charge is 0.311 e. The fourth-order valence-corrected chi connectivity index (χ4v) is 4.71. The number of carbonyl (C=O) groups excluding carboxylic acids is 1. The molecule has 2 heterocycles. The van der Waals surface area contributed by atoms with E-state index in [1.54, 1.807) is 0 Å². The maximum atomic E-state index is 12.2. The van der Waals surface area contributed by atoms with E-state index in [0.717, 1.165) is 54.6 Å². The van der Waals surface area contributed by atoms with Gasteiger partial charge in [-0.15, -0.1) is 0 Å². The van der Waals surface area contributed by atoms with Crippen molar-refractivity contribution in [3.63, 3.8) is 0 Å². The van der Waals surface area contributed by atoms with Crippen LogP contribution in [-0.4, -0.2) is 25.2 Å². The van der Waals surface area contributed by atoms with Crippen LogP contribution in [0.25, 0.3) is 22.3 Å². The Morgan fingerprint density at radius 2 is 1.75 bits per heavy atom. The molecule has 4 heteroatoms. The molecular weight excluding hydrogens is 398 g/mol. The van der Waals surface area contributed by atoms with Crippen LogP contribution in [0.5, 0.6) is 0 Å². The van der Waals surface area contributed by atoms with E-state index in [4.69, 9.17) is 9.15 Å². The van der Waals surface area contributed by atoms with Crippen molar-refractivity contribution in [2.45, 2.75) is 25.4 Å². The Kier molecular flexibility index (Phi) is 4.80. The molecule has 1 N–H and O–H groups in total. The molecule has 32 heavy (non-hydrogen) atoms. The predicted molar refractivity (Wildman–Crippen MR) is 125 cm³/mol. The number of furan rings is 1. The van der Waals surface area contributed by atoms with E-state index in [1.807, 2.05) is 6.07 Å². The van der Waals surface area contributed by atoms with E-state index in [0.29, 0.717) is 0 Å². The molecule has 4 aromatic rings. The summed E-state index contributed by atoms with van der Waals surface area (Å²) in [5.74, 6) is 0.836. The van der Waals surface area contributed by atoms with Gasteiger partial charge in [-0.1, -0.05) is 48.5 Å². The largest absolute Gasteiger partial charge is 0.461 e. The lowest BCUT2D eigenvalue weighted by Crippen LogP contribution is -2.48. The Labute approximate surface area is 187 Å². The molecule has 1 atom stereocenters. The Hall–Kier alpha value is -3.37. The second-order valence-electron chi connectivity index (χ2n) is 8.95. The van der Waals surface area contributed by atoms with Crippen LogP contribution in [0.1, 0.15) is 22.3 Å². The van der Waals surface area contributed by atoms with E-state index >= 15 is 0 Å². The molecule has 2 aliphatic rings. The van der Waals surface area contributed by atoms with Crippen molar-refractivity contribution in [1.82, 2.24) is 5.32 Å². The molecular formula is C28H25NO3. The molecule has 1 fully saturated rings. The van der Waals surface area contributed by atoms with Crippen molar-refractivity contribution in [3.8, 4) is 11.3 Å². The van der Waals surface area contributed by atoms with Crippen LogP contribution < -0.4 is 5.32 Å². The van der Waals surface area contributed by atoms with Crippen LogP contribution in [0.4, 0.5) is 0 Å². The summed E-state index contributed by atoms with van der Waals surface area (Å²) >= 11 is 0. The number of benzene rings is 3. The Bertz CT molecular complexity index is 1290. The summed E-state index contributed by atoms with van der Waals surface area (Å²) in [6.45, 7) is 1.48. The third-order valence-electron chi connectivity index (χ3n) is 6.62. The van der Waals surface area contributed by atoms with Crippen LogP contribution in [0.15, 0.2) is 77.2 Å². The second-order valence-corrected chi connectivity index (χ2v) is 8.95. The Morgan fingerprint density at radius 1 is 0.906 bits per heavy atom. The molecule has 0 bridgehead atoms. The lowest BCUT2D eigenvalue weighted by Gasteiger charge is -2.26. The fourth-order valence-electron chi connectivity index (χ4n) is 4.71. The topological polar surface area (TPSA) is 51.5 Å².